The predicted octanol–water partition coefficient (Wildman–Crippen LogP) is 2.85. The Hall–Kier alpha value is -1.97. The van der Waals surface area contributed by atoms with E-state index in [1.807, 2.05) is 39.0 Å². The Kier molecular flexibility index (Phi) is 5.93. The molecule has 1 unspecified atom stereocenters. The number of carbonyl (C=O) groups excluding carboxylic acids is 1. The second kappa shape index (κ2) is 7.46. The summed E-state index contributed by atoms with van der Waals surface area (Å²) in [4.78, 5) is 11.3. The van der Waals surface area contributed by atoms with Crippen LogP contribution in [-0.2, 0) is 4.79 Å². The number of ether oxygens (including phenoxy) is 2. The summed E-state index contributed by atoms with van der Waals surface area (Å²) >= 11 is 0. The molecule has 0 saturated heterocycles. The number of rotatable bonds is 7. The number of hydrogen-bond acceptors (Lipinski definition) is 3. The van der Waals surface area contributed by atoms with Gasteiger partial charge in [0.15, 0.2) is 11.5 Å². The third kappa shape index (κ3) is 4.32. The summed E-state index contributed by atoms with van der Waals surface area (Å²) in [6.07, 6.45) is 1.26. The number of benzene rings is 1. The highest BCUT2D eigenvalue weighted by Gasteiger charge is 2.11. The molecule has 0 aliphatic carbocycles. The van der Waals surface area contributed by atoms with Crippen LogP contribution in [0.25, 0.3) is 0 Å². The minimum atomic E-state index is -0.195. The predicted molar refractivity (Wildman–Crippen MR) is 75.5 cm³/mol. The molecular weight excluding hydrogens is 242 g/mol. The van der Waals surface area contributed by atoms with Crippen molar-refractivity contribution in [2.45, 2.75) is 26.8 Å². The fourth-order valence-corrected chi connectivity index (χ4v) is 1.69. The van der Waals surface area contributed by atoms with Gasteiger partial charge in [-0.2, -0.15) is 0 Å². The van der Waals surface area contributed by atoms with Gasteiger partial charge in [0.25, 0.3) is 0 Å². The lowest BCUT2D eigenvalue weighted by molar-refractivity contribution is -0.117. The van der Waals surface area contributed by atoms with Crippen molar-refractivity contribution >= 4 is 5.91 Å². The van der Waals surface area contributed by atoms with Gasteiger partial charge in [0, 0.05) is 0 Å². The molecule has 1 aromatic rings. The Morgan fingerprint density at radius 3 is 2.53 bits per heavy atom. The van der Waals surface area contributed by atoms with Crippen LogP contribution in [0.15, 0.2) is 30.9 Å². The summed E-state index contributed by atoms with van der Waals surface area (Å²) < 4.78 is 11.1. The van der Waals surface area contributed by atoms with E-state index in [9.17, 15) is 4.79 Å². The van der Waals surface area contributed by atoms with Crippen LogP contribution < -0.4 is 14.8 Å². The van der Waals surface area contributed by atoms with E-state index in [1.165, 1.54) is 6.08 Å². The molecule has 0 spiro atoms. The summed E-state index contributed by atoms with van der Waals surface area (Å²) in [5.74, 6) is 1.22. The van der Waals surface area contributed by atoms with Crippen molar-refractivity contribution in [3.05, 3.63) is 36.4 Å². The highest BCUT2D eigenvalue weighted by atomic mass is 16.5. The normalized spacial score (nSPS) is 11.5. The molecule has 104 valence electrons. The molecular formula is C15H21NO3. The van der Waals surface area contributed by atoms with Gasteiger partial charge in [-0.3, -0.25) is 4.79 Å². The first kappa shape index (κ1) is 15.1. The molecule has 4 nitrogen and oxygen atoms in total. The second-order valence-electron chi connectivity index (χ2n) is 4.01. The van der Waals surface area contributed by atoms with Gasteiger partial charge in [-0.25, -0.2) is 0 Å². The molecule has 1 N–H and O–H groups in total. The Morgan fingerprint density at radius 1 is 1.32 bits per heavy atom. The van der Waals surface area contributed by atoms with E-state index < -0.39 is 0 Å². The van der Waals surface area contributed by atoms with Crippen molar-refractivity contribution in [1.82, 2.24) is 5.32 Å². The van der Waals surface area contributed by atoms with Crippen LogP contribution in [0.2, 0.25) is 0 Å². The fourth-order valence-electron chi connectivity index (χ4n) is 1.69. The van der Waals surface area contributed by atoms with Gasteiger partial charge in [-0.15, -0.1) is 0 Å². The second-order valence-corrected chi connectivity index (χ2v) is 4.01. The summed E-state index contributed by atoms with van der Waals surface area (Å²) in [6, 6.07) is 5.56. The maximum Gasteiger partial charge on any atom is 0.243 e. The molecule has 1 atom stereocenters. The zero-order chi connectivity index (χ0) is 14.3. The SMILES string of the molecule is C=CC(=O)NC(C)c1ccc(OCC)c(OCC)c1. The third-order valence-corrected chi connectivity index (χ3v) is 2.61. The highest BCUT2D eigenvalue weighted by Crippen LogP contribution is 2.30. The molecule has 0 aliphatic heterocycles. The molecule has 4 heteroatoms. The lowest BCUT2D eigenvalue weighted by atomic mass is 10.1. The largest absolute Gasteiger partial charge is 0.490 e. The molecule has 0 fully saturated rings. The van der Waals surface area contributed by atoms with Crippen molar-refractivity contribution < 1.29 is 14.3 Å². The Balaban J connectivity index is 2.93. The molecule has 0 aromatic heterocycles. The molecule has 0 heterocycles. The zero-order valence-corrected chi connectivity index (χ0v) is 11.7. The quantitative estimate of drug-likeness (QED) is 0.769. The van der Waals surface area contributed by atoms with Crippen LogP contribution >= 0.6 is 0 Å². The third-order valence-electron chi connectivity index (χ3n) is 2.61. The first-order valence-electron chi connectivity index (χ1n) is 6.44. The number of nitrogens with one attached hydrogen (secondary N) is 1. The summed E-state index contributed by atoms with van der Waals surface area (Å²) in [5.41, 5.74) is 0.960. The molecule has 0 aliphatic rings. The zero-order valence-electron chi connectivity index (χ0n) is 11.7. The van der Waals surface area contributed by atoms with E-state index in [2.05, 4.69) is 11.9 Å². The smallest absolute Gasteiger partial charge is 0.243 e. The summed E-state index contributed by atoms with van der Waals surface area (Å²) in [5, 5.41) is 2.81. The van der Waals surface area contributed by atoms with Crippen LogP contribution in [0.4, 0.5) is 0 Å². The molecule has 0 bridgehead atoms. The average Bonchev–Trinajstić information content (AvgIpc) is 2.41. The van der Waals surface area contributed by atoms with Gasteiger partial charge in [-0.1, -0.05) is 12.6 Å². The molecule has 0 saturated carbocycles. The van der Waals surface area contributed by atoms with Crippen molar-refractivity contribution in [3.8, 4) is 11.5 Å². The van der Waals surface area contributed by atoms with Crippen LogP contribution in [0, 0.1) is 0 Å². The molecule has 1 rings (SSSR count). The molecule has 1 aromatic carbocycles. The summed E-state index contributed by atoms with van der Waals surface area (Å²) in [6.45, 7) is 10.3. The van der Waals surface area contributed by atoms with Gasteiger partial charge < -0.3 is 14.8 Å². The van der Waals surface area contributed by atoms with Crippen LogP contribution in [0.3, 0.4) is 0 Å². The van der Waals surface area contributed by atoms with E-state index in [-0.39, 0.29) is 11.9 Å². The van der Waals surface area contributed by atoms with Gasteiger partial charge in [0.1, 0.15) is 0 Å². The molecule has 0 radical (unpaired) electrons. The maximum absolute atomic E-state index is 11.3. The Bertz CT molecular complexity index is 443. The van der Waals surface area contributed by atoms with Crippen LogP contribution in [-0.4, -0.2) is 19.1 Å². The lowest BCUT2D eigenvalue weighted by Crippen LogP contribution is -2.24. The lowest BCUT2D eigenvalue weighted by Gasteiger charge is -2.16. The minimum absolute atomic E-state index is 0.111. The van der Waals surface area contributed by atoms with Gasteiger partial charge in [0.05, 0.1) is 19.3 Å². The molecule has 1 amide bonds. The molecule has 19 heavy (non-hydrogen) atoms. The first-order chi connectivity index (χ1) is 9.12. The van der Waals surface area contributed by atoms with Gasteiger partial charge in [0.2, 0.25) is 5.91 Å². The fraction of sp³-hybridized carbons (Fsp3) is 0.400. The number of hydrogen-bond donors (Lipinski definition) is 1. The van der Waals surface area contributed by atoms with Crippen molar-refractivity contribution in [2.75, 3.05) is 13.2 Å². The Morgan fingerprint density at radius 2 is 1.95 bits per heavy atom. The monoisotopic (exact) mass is 263 g/mol. The van der Waals surface area contributed by atoms with Crippen molar-refractivity contribution in [3.63, 3.8) is 0 Å². The maximum atomic E-state index is 11.3. The summed E-state index contributed by atoms with van der Waals surface area (Å²) in [7, 11) is 0. The van der Waals surface area contributed by atoms with Crippen molar-refractivity contribution in [1.29, 1.82) is 0 Å². The van der Waals surface area contributed by atoms with Crippen molar-refractivity contribution in [2.24, 2.45) is 0 Å². The Labute approximate surface area is 114 Å². The van der Waals surface area contributed by atoms with Gasteiger partial charge >= 0.3 is 0 Å². The standard InChI is InChI=1S/C15H21NO3/c1-5-15(17)16-11(4)12-8-9-13(18-6-2)14(10-12)19-7-3/h5,8-11H,1,6-7H2,2-4H3,(H,16,17). The van der Waals surface area contributed by atoms with Crippen LogP contribution in [0.5, 0.6) is 11.5 Å². The number of amides is 1. The van der Waals surface area contributed by atoms with Gasteiger partial charge in [-0.05, 0) is 44.5 Å². The first-order valence-corrected chi connectivity index (χ1v) is 6.44. The van der Waals surface area contributed by atoms with Crippen LogP contribution in [0.1, 0.15) is 32.4 Å². The highest BCUT2D eigenvalue weighted by molar-refractivity contribution is 5.87. The van der Waals surface area contributed by atoms with E-state index in [0.29, 0.717) is 19.0 Å². The number of carbonyl (C=O) groups is 1. The minimum Gasteiger partial charge on any atom is -0.490 e. The topological polar surface area (TPSA) is 47.6 Å². The van der Waals surface area contributed by atoms with E-state index in [4.69, 9.17) is 9.47 Å². The average molecular weight is 263 g/mol. The van der Waals surface area contributed by atoms with E-state index in [1.54, 1.807) is 0 Å². The van der Waals surface area contributed by atoms with E-state index in [0.717, 1.165) is 11.3 Å². The van der Waals surface area contributed by atoms with E-state index >= 15 is 0 Å².